The molecule has 0 radical (unpaired) electrons. The van der Waals surface area contributed by atoms with Crippen LogP contribution in [0.3, 0.4) is 0 Å². The Morgan fingerprint density at radius 1 is 0.766 bits per heavy atom. The van der Waals surface area contributed by atoms with Crippen molar-refractivity contribution in [1.29, 1.82) is 0 Å². The number of amides is 5. The summed E-state index contributed by atoms with van der Waals surface area (Å²) in [4.78, 5) is 93.6. The lowest BCUT2D eigenvalue weighted by Crippen LogP contribution is -2.59. The third-order valence-electron chi connectivity index (χ3n) is 6.81. The summed E-state index contributed by atoms with van der Waals surface area (Å²) < 4.78 is 0. The van der Waals surface area contributed by atoms with Crippen molar-refractivity contribution >= 4 is 41.5 Å². The van der Waals surface area contributed by atoms with Crippen LogP contribution in [-0.4, -0.2) is 109 Å². The van der Waals surface area contributed by atoms with Gasteiger partial charge >= 0.3 is 11.9 Å². The number of carbonyl (C=O) groups is 7. The highest BCUT2D eigenvalue weighted by Crippen LogP contribution is 2.06. The SMILES string of the molecule is C[C@H](NC(=O)[C@H](C)NC(=O)[C@H](Cc1cnc[nH]1)NC(=O)[C@@H](N)CC(=O)O)C(=O)N[C@@H](Cc1ccccc1)C(=O)N[C@H](C(=O)O)[C@@H](C)O. The van der Waals surface area contributed by atoms with Crippen LogP contribution >= 0.6 is 0 Å². The molecule has 0 unspecified atom stereocenters. The Hall–Kier alpha value is -5.36. The van der Waals surface area contributed by atoms with Gasteiger partial charge in [0.05, 0.1) is 24.9 Å². The lowest BCUT2D eigenvalue weighted by atomic mass is 10.0. The predicted molar refractivity (Wildman–Crippen MR) is 163 cm³/mol. The number of hydrogen-bond donors (Lipinski definition) is 10. The van der Waals surface area contributed by atoms with Crippen molar-refractivity contribution in [3.05, 3.63) is 54.1 Å². The van der Waals surface area contributed by atoms with Crippen molar-refractivity contribution in [2.24, 2.45) is 5.73 Å². The summed E-state index contributed by atoms with van der Waals surface area (Å²) in [5.74, 6) is -7.03. The number of imidazole rings is 1. The molecule has 0 saturated heterocycles. The summed E-state index contributed by atoms with van der Waals surface area (Å²) in [5.41, 5.74) is 6.68. The highest BCUT2D eigenvalue weighted by atomic mass is 16.4. The van der Waals surface area contributed by atoms with Crippen molar-refractivity contribution in [3.8, 4) is 0 Å². The molecule has 2 aromatic rings. The van der Waals surface area contributed by atoms with Crippen LogP contribution in [0.15, 0.2) is 42.9 Å². The highest BCUT2D eigenvalue weighted by Gasteiger charge is 2.32. The van der Waals surface area contributed by atoms with E-state index in [1.54, 1.807) is 30.3 Å². The van der Waals surface area contributed by atoms with Crippen LogP contribution in [0.5, 0.6) is 0 Å². The van der Waals surface area contributed by atoms with Crippen LogP contribution in [0.25, 0.3) is 0 Å². The minimum atomic E-state index is -1.64. The van der Waals surface area contributed by atoms with Gasteiger partial charge in [0.2, 0.25) is 29.5 Å². The molecule has 2 rings (SSSR count). The number of nitrogens with one attached hydrogen (secondary N) is 6. The van der Waals surface area contributed by atoms with Crippen LogP contribution in [-0.2, 0) is 46.4 Å². The molecule has 0 spiro atoms. The number of benzene rings is 1. The Labute approximate surface area is 269 Å². The van der Waals surface area contributed by atoms with E-state index in [1.807, 2.05) is 0 Å². The number of H-pyrrole nitrogens is 1. The van der Waals surface area contributed by atoms with Gasteiger partial charge in [-0.05, 0) is 26.3 Å². The van der Waals surface area contributed by atoms with Crippen LogP contribution in [0.2, 0.25) is 0 Å². The monoisotopic (exact) mass is 660 g/mol. The van der Waals surface area contributed by atoms with E-state index in [1.165, 1.54) is 33.3 Å². The van der Waals surface area contributed by atoms with E-state index in [0.717, 1.165) is 0 Å². The van der Waals surface area contributed by atoms with Crippen molar-refractivity contribution < 1.29 is 48.9 Å². The molecule has 18 nitrogen and oxygen atoms in total. The van der Waals surface area contributed by atoms with Gasteiger partial charge in [-0.1, -0.05) is 30.3 Å². The number of aromatic amines is 1. The van der Waals surface area contributed by atoms with Gasteiger partial charge in [0.1, 0.15) is 24.2 Å². The molecular formula is C29H40N8O10. The number of hydrogen-bond acceptors (Lipinski definition) is 10. The predicted octanol–water partition coefficient (Wildman–Crippen LogP) is -3.07. The summed E-state index contributed by atoms with van der Waals surface area (Å²) in [5, 5.41) is 39.9. The first-order chi connectivity index (χ1) is 22.1. The smallest absolute Gasteiger partial charge is 0.328 e. The van der Waals surface area contributed by atoms with Gasteiger partial charge in [0, 0.05) is 24.7 Å². The van der Waals surface area contributed by atoms with Crippen LogP contribution < -0.4 is 32.3 Å². The summed E-state index contributed by atoms with van der Waals surface area (Å²) >= 11 is 0. The van der Waals surface area contributed by atoms with E-state index < -0.39 is 90.3 Å². The molecule has 18 heteroatoms. The van der Waals surface area contributed by atoms with Gasteiger partial charge < -0.3 is 52.6 Å². The quantitative estimate of drug-likeness (QED) is 0.0762. The zero-order valence-electron chi connectivity index (χ0n) is 25.9. The maximum atomic E-state index is 13.1. The van der Waals surface area contributed by atoms with E-state index in [-0.39, 0.29) is 12.8 Å². The molecule has 0 bridgehead atoms. The van der Waals surface area contributed by atoms with Crippen LogP contribution in [0.4, 0.5) is 0 Å². The first kappa shape index (κ1) is 37.8. The summed E-state index contributed by atoms with van der Waals surface area (Å²) in [7, 11) is 0. The average molecular weight is 661 g/mol. The normalized spacial score (nSPS) is 15.3. The largest absolute Gasteiger partial charge is 0.481 e. The molecule has 0 saturated carbocycles. The third-order valence-corrected chi connectivity index (χ3v) is 6.81. The maximum Gasteiger partial charge on any atom is 0.328 e. The number of nitrogens with zero attached hydrogens (tertiary/aromatic N) is 1. The molecule has 1 aromatic heterocycles. The van der Waals surface area contributed by atoms with Crippen LogP contribution in [0.1, 0.15) is 38.4 Å². The number of aliphatic hydroxyl groups excluding tert-OH is 1. The summed E-state index contributed by atoms with van der Waals surface area (Å²) in [6.45, 7) is 3.82. The second-order valence-corrected chi connectivity index (χ2v) is 10.8. The van der Waals surface area contributed by atoms with E-state index in [0.29, 0.717) is 11.3 Å². The highest BCUT2D eigenvalue weighted by molar-refractivity contribution is 5.96. The first-order valence-electron chi connectivity index (χ1n) is 14.5. The van der Waals surface area contributed by atoms with E-state index in [2.05, 4.69) is 36.6 Å². The van der Waals surface area contributed by atoms with E-state index >= 15 is 0 Å². The van der Waals surface area contributed by atoms with E-state index in [9.17, 15) is 43.8 Å². The summed E-state index contributed by atoms with van der Waals surface area (Å²) in [6.07, 6.45) is 0.476. The minimum absolute atomic E-state index is 0.0444. The Kier molecular flexibility index (Phi) is 14.4. The molecule has 7 atom stereocenters. The molecule has 47 heavy (non-hydrogen) atoms. The molecule has 0 aliphatic rings. The number of aromatic nitrogens is 2. The molecule has 256 valence electrons. The van der Waals surface area contributed by atoms with Crippen LogP contribution in [0, 0.1) is 0 Å². The fraction of sp³-hybridized carbons (Fsp3) is 0.448. The Bertz CT molecular complexity index is 1400. The molecule has 1 heterocycles. The first-order valence-corrected chi connectivity index (χ1v) is 14.5. The Balaban J connectivity index is 2.09. The second kappa shape index (κ2) is 18.0. The van der Waals surface area contributed by atoms with E-state index in [4.69, 9.17) is 10.8 Å². The van der Waals surface area contributed by atoms with Gasteiger partial charge in [-0.25, -0.2) is 9.78 Å². The number of aliphatic carboxylic acids is 2. The van der Waals surface area contributed by atoms with Crippen molar-refractivity contribution in [3.63, 3.8) is 0 Å². The molecule has 5 amide bonds. The molecular weight excluding hydrogens is 620 g/mol. The number of carbonyl (C=O) groups excluding carboxylic acids is 5. The maximum absolute atomic E-state index is 13.1. The molecule has 0 fully saturated rings. The van der Waals surface area contributed by atoms with Gasteiger partial charge in [-0.3, -0.25) is 28.8 Å². The van der Waals surface area contributed by atoms with Crippen molar-refractivity contribution in [2.45, 2.75) is 82.4 Å². The topological polar surface area (TPSA) is 295 Å². The number of nitrogens with two attached hydrogens (primary N) is 1. The lowest BCUT2D eigenvalue weighted by Gasteiger charge is -2.25. The minimum Gasteiger partial charge on any atom is -0.481 e. The second-order valence-electron chi connectivity index (χ2n) is 10.8. The zero-order valence-corrected chi connectivity index (χ0v) is 25.9. The molecule has 11 N–H and O–H groups in total. The number of carboxylic acid groups (broad SMARTS) is 2. The standard InChI is InChI=1S/C29H40N8O10/c1-14(34-27(44)21(10-18-12-31-13-32-18)36-26(43)19(30)11-22(39)40)24(41)33-15(2)25(42)35-20(9-17-7-5-4-6-8-17)28(45)37-23(16(3)38)29(46)47/h4-8,12-16,19-21,23,38H,9-11,30H2,1-3H3,(H,31,32)(H,33,41)(H,34,44)(H,35,42)(H,36,43)(H,37,45)(H,39,40)(H,46,47)/t14-,15-,16+,19-,20-,21-,23-/m0/s1. The Morgan fingerprint density at radius 2 is 1.30 bits per heavy atom. The van der Waals surface area contributed by atoms with Gasteiger partial charge in [-0.2, -0.15) is 0 Å². The molecule has 0 aliphatic carbocycles. The van der Waals surface area contributed by atoms with Crippen molar-refractivity contribution in [2.75, 3.05) is 0 Å². The van der Waals surface area contributed by atoms with Crippen molar-refractivity contribution in [1.82, 2.24) is 36.6 Å². The van der Waals surface area contributed by atoms with Gasteiger partial charge in [0.25, 0.3) is 0 Å². The lowest BCUT2D eigenvalue weighted by molar-refractivity contribution is -0.145. The fourth-order valence-corrected chi connectivity index (χ4v) is 4.17. The zero-order chi connectivity index (χ0) is 35.3. The molecule has 0 aliphatic heterocycles. The van der Waals surface area contributed by atoms with Gasteiger partial charge in [-0.15, -0.1) is 0 Å². The number of carboxylic acids is 2. The summed E-state index contributed by atoms with van der Waals surface area (Å²) in [6, 6.07) is 0.380. The number of rotatable bonds is 18. The molecule has 1 aromatic carbocycles. The van der Waals surface area contributed by atoms with Gasteiger partial charge in [0.15, 0.2) is 6.04 Å². The Morgan fingerprint density at radius 3 is 1.83 bits per heavy atom. The third kappa shape index (κ3) is 12.5. The average Bonchev–Trinajstić information content (AvgIpc) is 3.51. The fourth-order valence-electron chi connectivity index (χ4n) is 4.17. The number of aliphatic hydroxyl groups is 1.